The molecular formula is C13H10Cl2O2S. The van der Waals surface area contributed by atoms with Crippen molar-refractivity contribution in [3.63, 3.8) is 0 Å². The quantitative estimate of drug-likeness (QED) is 0.778. The number of ketones is 1. The smallest absolute Gasteiger partial charge is 0.178 e. The first kappa shape index (κ1) is 13.4. The second kappa shape index (κ2) is 5.74. The molecular weight excluding hydrogens is 291 g/mol. The number of methoxy groups -OCH3 is 1. The molecule has 0 N–H and O–H groups in total. The monoisotopic (exact) mass is 300 g/mol. The first-order valence-corrected chi connectivity index (χ1v) is 6.84. The van der Waals surface area contributed by atoms with Gasteiger partial charge in [0.15, 0.2) is 5.78 Å². The highest BCUT2D eigenvalue weighted by Gasteiger charge is 2.15. The minimum atomic E-state index is -0.0319. The second-order valence-corrected chi connectivity index (χ2v) is 5.41. The predicted molar refractivity (Wildman–Crippen MR) is 75.4 cm³/mol. The van der Waals surface area contributed by atoms with Crippen LogP contribution in [-0.4, -0.2) is 12.9 Å². The molecule has 94 valence electrons. The van der Waals surface area contributed by atoms with Crippen LogP contribution in [-0.2, 0) is 6.42 Å². The lowest BCUT2D eigenvalue weighted by atomic mass is 10.1. The highest BCUT2D eigenvalue weighted by Crippen LogP contribution is 2.27. The Labute approximate surface area is 119 Å². The molecule has 2 nitrogen and oxygen atoms in total. The maximum atomic E-state index is 12.1. The highest BCUT2D eigenvalue weighted by molar-refractivity contribution is 7.12. The number of hydrogen-bond donors (Lipinski definition) is 0. The summed E-state index contributed by atoms with van der Waals surface area (Å²) in [6, 6.07) is 6.93. The number of Topliss-reactive ketones (excluding diaryl/α,β-unsaturated/α-hetero) is 1. The van der Waals surface area contributed by atoms with Gasteiger partial charge in [0, 0.05) is 17.0 Å². The van der Waals surface area contributed by atoms with E-state index in [1.165, 1.54) is 11.3 Å². The van der Waals surface area contributed by atoms with Gasteiger partial charge in [0.25, 0.3) is 0 Å². The number of rotatable bonds is 4. The third kappa shape index (κ3) is 2.86. The average molecular weight is 301 g/mol. The standard InChI is InChI=1S/C13H10Cl2O2S/c1-17-12-3-2-9(14)6-8(12)7-11(16)13-10(15)4-5-18-13/h2-6H,7H2,1H3. The van der Waals surface area contributed by atoms with Crippen molar-refractivity contribution in [1.82, 2.24) is 0 Å². The van der Waals surface area contributed by atoms with E-state index < -0.39 is 0 Å². The summed E-state index contributed by atoms with van der Waals surface area (Å²) in [5.41, 5.74) is 0.763. The molecule has 0 aliphatic heterocycles. The van der Waals surface area contributed by atoms with Gasteiger partial charge >= 0.3 is 0 Å². The van der Waals surface area contributed by atoms with Crippen LogP contribution >= 0.6 is 34.5 Å². The number of benzene rings is 1. The summed E-state index contributed by atoms with van der Waals surface area (Å²) in [4.78, 5) is 12.7. The third-order valence-electron chi connectivity index (χ3n) is 2.46. The molecule has 0 aliphatic rings. The molecule has 1 aromatic carbocycles. The van der Waals surface area contributed by atoms with Gasteiger partial charge in [-0.3, -0.25) is 4.79 Å². The number of ether oxygens (including phenoxy) is 1. The zero-order chi connectivity index (χ0) is 13.1. The fourth-order valence-corrected chi connectivity index (χ4v) is 2.93. The first-order valence-electron chi connectivity index (χ1n) is 5.20. The molecule has 0 aliphatic carbocycles. The number of carbonyl (C=O) groups excluding carboxylic acids is 1. The lowest BCUT2D eigenvalue weighted by Gasteiger charge is -2.07. The van der Waals surface area contributed by atoms with Crippen molar-refractivity contribution in [2.24, 2.45) is 0 Å². The van der Waals surface area contributed by atoms with E-state index in [2.05, 4.69) is 0 Å². The molecule has 0 fully saturated rings. The zero-order valence-electron chi connectivity index (χ0n) is 9.57. The Morgan fingerprint density at radius 2 is 2.11 bits per heavy atom. The van der Waals surface area contributed by atoms with Gasteiger partial charge in [-0.15, -0.1) is 11.3 Å². The fraction of sp³-hybridized carbons (Fsp3) is 0.154. The molecule has 0 saturated carbocycles. The van der Waals surface area contributed by atoms with E-state index in [-0.39, 0.29) is 12.2 Å². The minimum Gasteiger partial charge on any atom is -0.496 e. The molecule has 0 unspecified atom stereocenters. The Hall–Kier alpha value is -1.03. The summed E-state index contributed by atoms with van der Waals surface area (Å²) < 4.78 is 5.21. The van der Waals surface area contributed by atoms with Crippen LogP contribution in [0.4, 0.5) is 0 Å². The Balaban J connectivity index is 2.27. The second-order valence-electron chi connectivity index (χ2n) is 3.65. The maximum Gasteiger partial charge on any atom is 0.178 e. The zero-order valence-corrected chi connectivity index (χ0v) is 11.9. The minimum absolute atomic E-state index is 0.0319. The molecule has 0 bridgehead atoms. The Kier molecular flexibility index (Phi) is 4.27. The van der Waals surface area contributed by atoms with E-state index in [1.54, 1.807) is 36.8 Å². The van der Waals surface area contributed by atoms with E-state index in [0.717, 1.165) is 5.56 Å². The number of hydrogen-bond acceptors (Lipinski definition) is 3. The fourth-order valence-electron chi connectivity index (χ4n) is 1.63. The molecule has 0 amide bonds. The largest absolute Gasteiger partial charge is 0.496 e. The molecule has 18 heavy (non-hydrogen) atoms. The molecule has 5 heteroatoms. The van der Waals surface area contributed by atoms with E-state index >= 15 is 0 Å². The van der Waals surface area contributed by atoms with Gasteiger partial charge in [-0.2, -0.15) is 0 Å². The average Bonchev–Trinajstić information content (AvgIpc) is 2.76. The van der Waals surface area contributed by atoms with Crippen molar-refractivity contribution in [2.75, 3.05) is 7.11 Å². The Morgan fingerprint density at radius 3 is 2.72 bits per heavy atom. The van der Waals surface area contributed by atoms with Gasteiger partial charge in [0.2, 0.25) is 0 Å². The van der Waals surface area contributed by atoms with Crippen LogP contribution in [0.15, 0.2) is 29.6 Å². The van der Waals surface area contributed by atoms with Crippen LogP contribution in [0.2, 0.25) is 10.0 Å². The highest BCUT2D eigenvalue weighted by atomic mass is 35.5. The van der Waals surface area contributed by atoms with Gasteiger partial charge in [-0.1, -0.05) is 23.2 Å². The summed E-state index contributed by atoms with van der Waals surface area (Å²) in [6.45, 7) is 0. The van der Waals surface area contributed by atoms with Gasteiger partial charge < -0.3 is 4.74 Å². The summed E-state index contributed by atoms with van der Waals surface area (Å²) in [6.07, 6.45) is 0.226. The van der Waals surface area contributed by atoms with E-state index in [4.69, 9.17) is 27.9 Å². The van der Waals surface area contributed by atoms with Gasteiger partial charge in [-0.05, 0) is 29.6 Å². The lowest BCUT2D eigenvalue weighted by Crippen LogP contribution is -2.03. The van der Waals surface area contributed by atoms with Crippen LogP contribution < -0.4 is 4.74 Å². The summed E-state index contributed by atoms with van der Waals surface area (Å²) in [7, 11) is 1.56. The first-order chi connectivity index (χ1) is 8.61. The van der Waals surface area contributed by atoms with Gasteiger partial charge in [-0.25, -0.2) is 0 Å². The van der Waals surface area contributed by atoms with Gasteiger partial charge in [0.05, 0.1) is 17.0 Å². The summed E-state index contributed by atoms with van der Waals surface area (Å²) >= 11 is 13.2. The molecule has 1 heterocycles. The molecule has 0 saturated heterocycles. The molecule has 0 atom stereocenters. The molecule has 1 aromatic heterocycles. The van der Waals surface area contributed by atoms with Crippen molar-refractivity contribution in [3.05, 3.63) is 50.1 Å². The van der Waals surface area contributed by atoms with Crippen LogP contribution in [0, 0.1) is 0 Å². The number of carbonyl (C=O) groups is 1. The third-order valence-corrected chi connectivity index (χ3v) is 4.08. The van der Waals surface area contributed by atoms with Crippen molar-refractivity contribution in [3.8, 4) is 5.75 Å². The normalized spacial score (nSPS) is 10.4. The molecule has 0 spiro atoms. The summed E-state index contributed by atoms with van der Waals surface area (Å²) in [5, 5.41) is 2.87. The SMILES string of the molecule is COc1ccc(Cl)cc1CC(=O)c1sccc1Cl. The van der Waals surface area contributed by atoms with E-state index in [1.807, 2.05) is 0 Å². The molecule has 2 aromatic rings. The van der Waals surface area contributed by atoms with E-state index in [0.29, 0.717) is 20.7 Å². The van der Waals surface area contributed by atoms with Crippen molar-refractivity contribution in [2.45, 2.75) is 6.42 Å². The molecule has 2 rings (SSSR count). The van der Waals surface area contributed by atoms with Crippen LogP contribution in [0.25, 0.3) is 0 Å². The maximum absolute atomic E-state index is 12.1. The van der Waals surface area contributed by atoms with Gasteiger partial charge in [0.1, 0.15) is 5.75 Å². The van der Waals surface area contributed by atoms with Crippen LogP contribution in [0.3, 0.4) is 0 Å². The van der Waals surface area contributed by atoms with Crippen LogP contribution in [0.1, 0.15) is 15.2 Å². The van der Waals surface area contributed by atoms with E-state index in [9.17, 15) is 4.79 Å². The van der Waals surface area contributed by atoms with Crippen LogP contribution in [0.5, 0.6) is 5.75 Å². The number of halogens is 2. The summed E-state index contributed by atoms with van der Waals surface area (Å²) in [5.74, 6) is 0.621. The number of thiophene rings is 1. The van der Waals surface area contributed by atoms with Crippen molar-refractivity contribution < 1.29 is 9.53 Å². The Morgan fingerprint density at radius 1 is 1.33 bits per heavy atom. The lowest BCUT2D eigenvalue weighted by molar-refractivity contribution is 0.0996. The topological polar surface area (TPSA) is 26.3 Å². The molecule has 0 radical (unpaired) electrons. The predicted octanol–water partition coefficient (Wildman–Crippen LogP) is 4.49. The van der Waals surface area contributed by atoms with Crippen molar-refractivity contribution >= 4 is 40.3 Å². The van der Waals surface area contributed by atoms with Crippen molar-refractivity contribution in [1.29, 1.82) is 0 Å². The Bertz CT molecular complexity index is 578.